The molecule has 10 heavy (non-hydrogen) atoms. The highest BCUT2D eigenvalue weighted by Gasteiger charge is 1.84. The van der Waals surface area contributed by atoms with Gasteiger partial charge in [0.25, 0.3) is 0 Å². The monoisotopic (exact) mass is 143 g/mol. The molecule has 4 nitrogen and oxygen atoms in total. The highest BCUT2D eigenvalue weighted by molar-refractivity contribution is 4.38. The lowest BCUT2D eigenvalue weighted by Gasteiger charge is -1.96. The van der Waals surface area contributed by atoms with Crippen molar-refractivity contribution in [3.05, 3.63) is 10.4 Å². The maximum Gasteiger partial charge on any atom is 0.125 e. The number of hydrogen-bond acceptors (Lipinski definition) is 2. The smallest absolute Gasteiger partial charge is 0.125 e. The summed E-state index contributed by atoms with van der Waals surface area (Å²) in [7, 11) is 0. The molecule has 0 atom stereocenters. The summed E-state index contributed by atoms with van der Waals surface area (Å²) in [6.45, 7) is 3.00. The molecule has 58 valence electrons. The second kappa shape index (κ2) is 8.27. The van der Waals surface area contributed by atoms with Gasteiger partial charge >= 0.3 is 0 Å². The van der Waals surface area contributed by atoms with Gasteiger partial charge in [0.2, 0.25) is 0 Å². The van der Waals surface area contributed by atoms with Gasteiger partial charge in [0.15, 0.2) is 0 Å². The number of hydrogen-bond donors (Lipinski definition) is 0. The van der Waals surface area contributed by atoms with Gasteiger partial charge < -0.3 is 4.74 Å². The van der Waals surface area contributed by atoms with Crippen molar-refractivity contribution in [1.82, 2.24) is 0 Å². The molecule has 0 aromatic carbocycles. The van der Waals surface area contributed by atoms with E-state index in [1.807, 2.05) is 0 Å². The van der Waals surface area contributed by atoms with Gasteiger partial charge in [-0.05, 0) is 12.0 Å². The van der Waals surface area contributed by atoms with E-state index in [2.05, 4.69) is 16.9 Å². The van der Waals surface area contributed by atoms with Crippen molar-refractivity contribution >= 4 is 0 Å². The van der Waals surface area contributed by atoms with Crippen LogP contribution in [0.4, 0.5) is 0 Å². The highest BCUT2D eigenvalue weighted by atomic mass is 16.5. The predicted octanol–water partition coefficient (Wildman–Crippen LogP) is 2.46. The van der Waals surface area contributed by atoms with Gasteiger partial charge in [-0.15, -0.1) is 0 Å². The van der Waals surface area contributed by atoms with Crippen LogP contribution in [-0.4, -0.2) is 13.3 Å². The van der Waals surface area contributed by atoms with Crippen molar-refractivity contribution < 1.29 is 4.74 Å². The molecule has 0 amide bonds. The predicted molar refractivity (Wildman–Crippen MR) is 39.5 cm³/mol. The van der Waals surface area contributed by atoms with Crippen molar-refractivity contribution in [3.63, 3.8) is 0 Å². The van der Waals surface area contributed by atoms with Crippen LogP contribution in [0.1, 0.15) is 26.2 Å². The maximum absolute atomic E-state index is 7.85. The highest BCUT2D eigenvalue weighted by Crippen LogP contribution is 1.93. The SMILES string of the molecule is CCCCCOCN=[N+]=[N-]. The molecule has 0 aromatic heterocycles. The molecule has 0 heterocycles. The first kappa shape index (κ1) is 9.27. The molecule has 0 unspecified atom stereocenters. The lowest BCUT2D eigenvalue weighted by Crippen LogP contribution is -1.92. The summed E-state index contributed by atoms with van der Waals surface area (Å²) >= 11 is 0. The second-order valence-corrected chi connectivity index (χ2v) is 1.98. The third-order valence-electron chi connectivity index (χ3n) is 1.10. The Balaban J connectivity index is 2.83. The fraction of sp³-hybridized carbons (Fsp3) is 1.00. The minimum Gasteiger partial charge on any atom is -0.375 e. The third kappa shape index (κ3) is 7.27. The molecular formula is C6H13N3O. The Hall–Kier alpha value is -0.730. The van der Waals surface area contributed by atoms with E-state index in [1.54, 1.807) is 0 Å². The van der Waals surface area contributed by atoms with Gasteiger partial charge in [-0.2, -0.15) is 0 Å². The number of rotatable bonds is 6. The van der Waals surface area contributed by atoms with Crippen molar-refractivity contribution in [2.45, 2.75) is 26.2 Å². The summed E-state index contributed by atoms with van der Waals surface area (Å²) in [4.78, 5) is 2.55. The standard InChI is InChI=1S/C6H13N3O/c1-2-3-4-5-10-6-8-9-7/h2-6H2,1H3. The Morgan fingerprint density at radius 2 is 2.30 bits per heavy atom. The van der Waals surface area contributed by atoms with E-state index in [0.29, 0.717) is 6.61 Å². The van der Waals surface area contributed by atoms with E-state index in [9.17, 15) is 0 Å². The normalized spacial score (nSPS) is 8.90. The third-order valence-corrected chi connectivity index (χ3v) is 1.10. The number of nitrogens with zero attached hydrogens (tertiary/aromatic N) is 3. The summed E-state index contributed by atoms with van der Waals surface area (Å²) in [5.74, 6) is 0. The molecule has 0 fully saturated rings. The average Bonchev–Trinajstić information content (AvgIpc) is 1.97. The molecule has 0 bridgehead atoms. The zero-order valence-corrected chi connectivity index (χ0v) is 6.29. The second-order valence-electron chi connectivity index (χ2n) is 1.98. The van der Waals surface area contributed by atoms with Crippen molar-refractivity contribution in [2.24, 2.45) is 5.11 Å². The van der Waals surface area contributed by atoms with Crippen LogP contribution in [0.5, 0.6) is 0 Å². The first-order chi connectivity index (χ1) is 4.91. The zero-order valence-electron chi connectivity index (χ0n) is 6.29. The van der Waals surface area contributed by atoms with Gasteiger partial charge in [-0.3, -0.25) is 0 Å². The lowest BCUT2D eigenvalue weighted by atomic mass is 10.3. The van der Waals surface area contributed by atoms with E-state index >= 15 is 0 Å². The molecular weight excluding hydrogens is 130 g/mol. The minimum atomic E-state index is 0.167. The topological polar surface area (TPSA) is 58.0 Å². The molecule has 0 aromatic rings. The van der Waals surface area contributed by atoms with Gasteiger partial charge in [0.1, 0.15) is 6.73 Å². The van der Waals surface area contributed by atoms with Gasteiger partial charge in [-0.1, -0.05) is 24.9 Å². The Bertz CT molecular complexity index is 110. The molecule has 0 radical (unpaired) electrons. The Kier molecular flexibility index (Phi) is 7.67. The van der Waals surface area contributed by atoms with E-state index in [-0.39, 0.29) is 6.73 Å². The van der Waals surface area contributed by atoms with Crippen LogP contribution in [0.15, 0.2) is 5.11 Å². The number of ether oxygens (including phenoxy) is 1. The summed E-state index contributed by atoms with van der Waals surface area (Å²) in [5, 5.41) is 3.23. The maximum atomic E-state index is 7.85. The fourth-order valence-corrected chi connectivity index (χ4v) is 0.585. The van der Waals surface area contributed by atoms with Crippen molar-refractivity contribution in [1.29, 1.82) is 0 Å². The van der Waals surface area contributed by atoms with E-state index in [0.717, 1.165) is 6.42 Å². The van der Waals surface area contributed by atoms with E-state index in [4.69, 9.17) is 10.3 Å². The molecule has 0 rings (SSSR count). The Morgan fingerprint density at radius 3 is 2.90 bits per heavy atom. The minimum absolute atomic E-state index is 0.167. The quantitative estimate of drug-likeness (QED) is 0.244. The Labute approximate surface area is 60.8 Å². The van der Waals surface area contributed by atoms with Crippen LogP contribution in [0.3, 0.4) is 0 Å². The molecule has 0 aliphatic heterocycles. The zero-order chi connectivity index (χ0) is 7.66. The van der Waals surface area contributed by atoms with Crippen LogP contribution in [0, 0.1) is 0 Å². The fourth-order valence-electron chi connectivity index (χ4n) is 0.585. The number of unbranched alkanes of at least 4 members (excludes halogenated alkanes) is 2. The first-order valence-electron chi connectivity index (χ1n) is 3.50. The lowest BCUT2D eigenvalue weighted by molar-refractivity contribution is 0.137. The summed E-state index contributed by atoms with van der Waals surface area (Å²) in [5.41, 5.74) is 7.85. The van der Waals surface area contributed by atoms with Crippen LogP contribution in [0.25, 0.3) is 10.4 Å². The molecule has 0 saturated heterocycles. The van der Waals surface area contributed by atoms with E-state index < -0.39 is 0 Å². The molecule has 0 aliphatic rings. The molecule has 0 saturated carbocycles. The van der Waals surface area contributed by atoms with Crippen LogP contribution >= 0.6 is 0 Å². The van der Waals surface area contributed by atoms with Gasteiger partial charge in [0, 0.05) is 11.5 Å². The average molecular weight is 143 g/mol. The largest absolute Gasteiger partial charge is 0.375 e. The Morgan fingerprint density at radius 1 is 1.50 bits per heavy atom. The van der Waals surface area contributed by atoms with Crippen molar-refractivity contribution in [2.75, 3.05) is 13.3 Å². The van der Waals surface area contributed by atoms with Gasteiger partial charge in [0.05, 0.1) is 0 Å². The van der Waals surface area contributed by atoms with Gasteiger partial charge in [-0.25, -0.2) is 0 Å². The van der Waals surface area contributed by atoms with Crippen molar-refractivity contribution in [3.8, 4) is 0 Å². The summed E-state index contributed by atoms with van der Waals surface area (Å²) < 4.78 is 4.96. The first-order valence-corrected chi connectivity index (χ1v) is 3.50. The van der Waals surface area contributed by atoms with Crippen LogP contribution in [0.2, 0.25) is 0 Å². The number of azide groups is 1. The molecule has 0 aliphatic carbocycles. The molecule has 4 heteroatoms. The van der Waals surface area contributed by atoms with Crippen LogP contribution in [-0.2, 0) is 4.74 Å². The molecule has 0 N–H and O–H groups in total. The summed E-state index contributed by atoms with van der Waals surface area (Å²) in [6.07, 6.45) is 3.42. The van der Waals surface area contributed by atoms with E-state index in [1.165, 1.54) is 12.8 Å². The molecule has 0 spiro atoms. The van der Waals surface area contributed by atoms with Crippen LogP contribution < -0.4 is 0 Å². The summed E-state index contributed by atoms with van der Waals surface area (Å²) in [6, 6.07) is 0.